The topological polar surface area (TPSA) is 106 Å². The first kappa shape index (κ1) is 34.9. The lowest BCUT2D eigenvalue weighted by Gasteiger charge is -2.19. The summed E-state index contributed by atoms with van der Waals surface area (Å²) in [7, 11) is 0. The van der Waals surface area contributed by atoms with Crippen molar-refractivity contribution in [1.82, 2.24) is 5.32 Å². The number of hydrogen-bond donors (Lipinski definition) is 2. The van der Waals surface area contributed by atoms with E-state index in [4.69, 9.17) is 10.5 Å². The van der Waals surface area contributed by atoms with Crippen LogP contribution >= 0.6 is 0 Å². The molecule has 0 aliphatic carbocycles. The summed E-state index contributed by atoms with van der Waals surface area (Å²) in [5, 5.41) is 24.0. The van der Waals surface area contributed by atoms with Gasteiger partial charge in [0.2, 0.25) is 11.8 Å². The number of benzene rings is 3. The van der Waals surface area contributed by atoms with Crippen LogP contribution in [-0.2, 0) is 9.59 Å². The van der Waals surface area contributed by atoms with Crippen molar-refractivity contribution in [3.63, 3.8) is 0 Å². The minimum Gasteiger partial charge on any atom is -0.341 e. The molecule has 0 saturated carbocycles. The number of nitrogens with zero attached hydrogens (tertiary/aromatic N) is 2. The molecule has 2 amide bonds. The van der Waals surface area contributed by atoms with Crippen LogP contribution in [0, 0.1) is 46.3 Å². The minimum atomic E-state index is -0.739. The minimum absolute atomic E-state index is 0.336. The van der Waals surface area contributed by atoms with Gasteiger partial charge in [-0.15, -0.1) is 0 Å². The summed E-state index contributed by atoms with van der Waals surface area (Å²) in [5.74, 6) is 11.8. The summed E-state index contributed by atoms with van der Waals surface area (Å²) in [4.78, 5) is 26.2. The highest BCUT2D eigenvalue weighted by Crippen LogP contribution is 2.19. The fourth-order valence-electron chi connectivity index (χ4n) is 4.63. The molecule has 46 heavy (non-hydrogen) atoms. The molecule has 0 bridgehead atoms. The lowest BCUT2D eigenvalue weighted by molar-refractivity contribution is -0.124. The Morgan fingerprint density at radius 3 is 1.72 bits per heavy atom. The summed E-state index contributed by atoms with van der Waals surface area (Å²) in [6, 6.07) is 22.8. The average molecular weight is 609 g/mol. The molecule has 0 spiro atoms. The molecular formula is C40H40N4O2. The Balaban J connectivity index is 1.85. The molecule has 0 heterocycles. The lowest BCUT2D eigenvalue weighted by atomic mass is 10.0. The van der Waals surface area contributed by atoms with Crippen LogP contribution in [-0.4, -0.2) is 17.9 Å². The molecule has 0 fully saturated rings. The van der Waals surface area contributed by atoms with Crippen molar-refractivity contribution in [3.8, 4) is 35.8 Å². The number of nitriles is 2. The normalized spacial score (nSPS) is 10.5. The molecule has 6 heteroatoms. The molecular weight excluding hydrogens is 568 g/mol. The average Bonchev–Trinajstić information content (AvgIpc) is 3.07. The van der Waals surface area contributed by atoms with Gasteiger partial charge in [-0.3, -0.25) is 9.59 Å². The van der Waals surface area contributed by atoms with E-state index in [9.17, 15) is 9.59 Å². The number of carbonyl (C=O) groups excluding carboxylic acids is 2. The van der Waals surface area contributed by atoms with Gasteiger partial charge in [0.25, 0.3) is 0 Å². The first-order valence-electron chi connectivity index (χ1n) is 15.8. The zero-order valence-corrected chi connectivity index (χ0v) is 26.7. The molecule has 0 aromatic heterocycles. The second kappa shape index (κ2) is 19.0. The summed E-state index contributed by atoms with van der Waals surface area (Å²) in [6.45, 7) is 7.55. The Hall–Kier alpha value is -5.56. The largest absolute Gasteiger partial charge is 0.341 e. The Kier molecular flexibility index (Phi) is 14.4. The predicted molar refractivity (Wildman–Crippen MR) is 183 cm³/mol. The molecule has 0 saturated heterocycles. The quantitative estimate of drug-likeness (QED) is 0.118. The number of amides is 2. The maximum absolute atomic E-state index is 13.7. The third-order valence-corrected chi connectivity index (χ3v) is 7.35. The van der Waals surface area contributed by atoms with Gasteiger partial charge in [0, 0.05) is 27.8 Å². The van der Waals surface area contributed by atoms with Gasteiger partial charge in [-0.1, -0.05) is 88.6 Å². The molecule has 232 valence electrons. The van der Waals surface area contributed by atoms with Crippen molar-refractivity contribution < 1.29 is 9.59 Å². The van der Waals surface area contributed by atoms with Crippen molar-refractivity contribution >= 4 is 17.5 Å². The smallest absolute Gasteiger partial charge is 0.246 e. The highest BCUT2D eigenvalue weighted by molar-refractivity contribution is 6.01. The molecule has 3 rings (SSSR count). The van der Waals surface area contributed by atoms with Crippen LogP contribution in [0.1, 0.15) is 105 Å². The molecule has 6 nitrogen and oxygen atoms in total. The van der Waals surface area contributed by atoms with Crippen molar-refractivity contribution in [2.24, 2.45) is 0 Å². The second-order valence-electron chi connectivity index (χ2n) is 11.2. The van der Waals surface area contributed by atoms with Gasteiger partial charge < -0.3 is 10.6 Å². The van der Waals surface area contributed by atoms with Crippen molar-refractivity contribution in [3.05, 3.63) is 112 Å². The molecule has 3 aromatic rings. The summed E-state index contributed by atoms with van der Waals surface area (Å²) in [5.41, 5.74) is 4.63. The van der Waals surface area contributed by atoms with E-state index in [1.54, 1.807) is 67.6 Å². The van der Waals surface area contributed by atoms with Crippen LogP contribution < -0.4 is 10.6 Å². The highest BCUT2D eigenvalue weighted by Gasteiger charge is 2.21. The van der Waals surface area contributed by atoms with Gasteiger partial charge in [-0.25, -0.2) is 0 Å². The maximum atomic E-state index is 13.7. The van der Waals surface area contributed by atoms with Crippen LogP contribution in [0.25, 0.3) is 0 Å². The number of rotatable bonds is 13. The first-order chi connectivity index (χ1) is 22.3. The molecule has 0 radical (unpaired) electrons. The molecule has 0 aliphatic rings. The van der Waals surface area contributed by atoms with E-state index < -0.39 is 6.04 Å². The van der Waals surface area contributed by atoms with E-state index in [-0.39, 0.29) is 11.8 Å². The monoisotopic (exact) mass is 608 g/mol. The van der Waals surface area contributed by atoms with Gasteiger partial charge in [0.1, 0.15) is 6.04 Å². The van der Waals surface area contributed by atoms with Crippen molar-refractivity contribution in [1.29, 1.82) is 10.5 Å². The molecule has 3 aromatic carbocycles. The highest BCUT2D eigenvalue weighted by atomic mass is 16.2. The second-order valence-corrected chi connectivity index (χ2v) is 11.2. The lowest BCUT2D eigenvalue weighted by Crippen LogP contribution is -2.44. The Morgan fingerprint density at radius 2 is 1.17 bits per heavy atom. The molecule has 1 atom stereocenters. The summed E-state index contributed by atoms with van der Waals surface area (Å²) < 4.78 is 0. The van der Waals surface area contributed by atoms with Crippen LogP contribution in [0.3, 0.4) is 0 Å². The fraction of sp³-hybridized carbons (Fsp3) is 0.300. The van der Waals surface area contributed by atoms with Crippen molar-refractivity contribution in [2.75, 3.05) is 5.32 Å². The molecule has 0 aliphatic heterocycles. The number of unbranched alkanes of at least 4 members (excludes halogenated alkanes) is 7. The van der Waals surface area contributed by atoms with E-state index in [2.05, 4.69) is 60.0 Å². The van der Waals surface area contributed by atoms with Gasteiger partial charge in [-0.05, 0) is 80.1 Å². The van der Waals surface area contributed by atoms with E-state index >= 15 is 0 Å². The zero-order chi connectivity index (χ0) is 33.1. The van der Waals surface area contributed by atoms with Crippen LogP contribution in [0.2, 0.25) is 0 Å². The Labute approximate surface area is 273 Å². The summed E-state index contributed by atoms with van der Waals surface area (Å²) in [6.07, 6.45) is 9.53. The Bertz CT molecular complexity index is 1720. The van der Waals surface area contributed by atoms with Crippen LogP contribution in [0.15, 0.2) is 78.9 Å². The first-order valence-corrected chi connectivity index (χ1v) is 15.8. The number of hydrogen-bond acceptors (Lipinski definition) is 4. The summed E-state index contributed by atoms with van der Waals surface area (Å²) >= 11 is 0. The zero-order valence-electron chi connectivity index (χ0n) is 26.7. The van der Waals surface area contributed by atoms with Gasteiger partial charge in [0.15, 0.2) is 0 Å². The third kappa shape index (κ3) is 11.8. The maximum Gasteiger partial charge on any atom is 0.246 e. The van der Waals surface area contributed by atoms with E-state index in [1.165, 1.54) is 32.1 Å². The van der Waals surface area contributed by atoms with Gasteiger partial charge >= 0.3 is 0 Å². The fourth-order valence-corrected chi connectivity index (χ4v) is 4.63. The predicted octanol–water partition coefficient (Wildman–Crippen LogP) is 7.76. The van der Waals surface area contributed by atoms with E-state index in [1.807, 2.05) is 6.07 Å². The van der Waals surface area contributed by atoms with Crippen LogP contribution in [0.5, 0.6) is 0 Å². The Morgan fingerprint density at radius 1 is 0.696 bits per heavy atom. The van der Waals surface area contributed by atoms with Crippen LogP contribution in [0.4, 0.5) is 5.69 Å². The number of anilines is 1. The molecule has 1 unspecified atom stereocenters. The SMILES string of the molecule is C=C(C)C(=O)NC(CCCCCCCCCC)C(=O)Nc1cc(C#Cc2ccc(C#N)cc2)ccc1C#Cc1ccc(C#N)cc1. The number of carbonyl (C=O) groups is 2. The van der Waals surface area contributed by atoms with Gasteiger partial charge in [-0.2, -0.15) is 10.5 Å². The van der Waals surface area contributed by atoms with E-state index in [0.717, 1.165) is 30.4 Å². The van der Waals surface area contributed by atoms with Crippen molar-refractivity contribution in [2.45, 2.75) is 77.7 Å². The van der Waals surface area contributed by atoms with Gasteiger partial charge in [0.05, 0.1) is 29.0 Å². The van der Waals surface area contributed by atoms with E-state index in [0.29, 0.717) is 39.9 Å². The number of nitrogens with one attached hydrogen (secondary N) is 2. The molecule has 2 N–H and O–H groups in total. The third-order valence-electron chi connectivity index (χ3n) is 7.35. The standard InChI is InChI=1S/C40H40N4O2/c1-4-5-6-7-8-9-10-11-12-37(43-39(45)30(2)3)40(46)44-38-27-33(18-13-31-14-19-34(28-41)20-15-31)24-26-36(38)25-23-32-16-21-35(29-42)22-17-32/h14-17,19-22,24,26-27,37H,2,4-12H2,1,3H3,(H,43,45)(H,44,46).